The van der Waals surface area contributed by atoms with Gasteiger partial charge in [-0.05, 0) is 52.2 Å². The first-order valence-corrected chi connectivity index (χ1v) is 9.78. The molecule has 0 spiro atoms. The van der Waals surface area contributed by atoms with Gasteiger partial charge in [-0.25, -0.2) is 0 Å². The maximum atomic E-state index is 12.5. The number of allylic oxidation sites excluding steroid dienone is 3. The summed E-state index contributed by atoms with van der Waals surface area (Å²) < 4.78 is 4.94. The molecular weight excluding hydrogens is 340 g/mol. The van der Waals surface area contributed by atoms with Crippen molar-refractivity contribution in [2.45, 2.75) is 60.0 Å². The van der Waals surface area contributed by atoms with E-state index in [0.717, 1.165) is 31.5 Å². The molecule has 1 saturated heterocycles. The number of hydrogen-bond acceptors (Lipinski definition) is 3. The molecule has 1 fully saturated rings. The lowest BCUT2D eigenvalue weighted by Crippen LogP contribution is -2.34. The smallest absolute Gasteiger partial charge is 0.231 e. The molecule has 0 aromatic carbocycles. The zero-order valence-electron chi connectivity index (χ0n) is 18.2. The summed E-state index contributed by atoms with van der Waals surface area (Å²) in [7, 11) is 1.71. The largest absolute Gasteiger partial charge is 0.379 e. The number of amides is 2. The number of hydrogen-bond donors (Lipinski definition) is 0. The summed E-state index contributed by atoms with van der Waals surface area (Å²) in [5, 5.41) is 0. The number of carbonyl (C=O) groups is 2. The molecule has 154 valence electrons. The molecule has 2 aliphatic rings. The summed E-state index contributed by atoms with van der Waals surface area (Å²) in [4.78, 5) is 26.8. The number of carbonyl (C=O) groups excluding carboxylic acids is 2. The Balaban J connectivity index is 0.000000722. The number of rotatable bonds is 4. The van der Waals surface area contributed by atoms with Crippen LogP contribution in [0, 0.1) is 5.92 Å². The van der Waals surface area contributed by atoms with Crippen molar-refractivity contribution in [3.8, 4) is 0 Å². The zero-order chi connectivity index (χ0) is 21.0. The molecule has 2 rings (SSSR count). The molecule has 27 heavy (non-hydrogen) atoms. The normalized spacial score (nSPS) is 19.4. The van der Waals surface area contributed by atoms with Gasteiger partial charge in [0.25, 0.3) is 0 Å². The fraction of sp³-hybridized carbons (Fsp3) is 0.636. The standard InChI is InChI=1S/C15H20N2O2.C5H12O.C2H6/c1-3-4-5-14-12(2)6-9-17(14)15(19)13-7-8-16(10-13)11-18;1-5(2,3)6-4;1-2/h3-5,11,13H,1,6-10H2,2H3;1-4H3;1-2H3/b5-4-;;. The summed E-state index contributed by atoms with van der Waals surface area (Å²) in [6, 6.07) is 0. The van der Waals surface area contributed by atoms with Gasteiger partial charge in [0.1, 0.15) is 0 Å². The van der Waals surface area contributed by atoms with Crippen LogP contribution in [0.1, 0.15) is 54.4 Å². The van der Waals surface area contributed by atoms with Gasteiger partial charge >= 0.3 is 0 Å². The van der Waals surface area contributed by atoms with E-state index in [2.05, 4.69) is 13.5 Å². The Morgan fingerprint density at radius 2 is 1.85 bits per heavy atom. The third kappa shape index (κ3) is 8.57. The fourth-order valence-corrected chi connectivity index (χ4v) is 2.68. The summed E-state index contributed by atoms with van der Waals surface area (Å²) in [5.74, 6) is 0.0909. The summed E-state index contributed by atoms with van der Waals surface area (Å²) in [6.07, 6.45) is 8.04. The molecule has 0 saturated carbocycles. The molecule has 1 atom stereocenters. The number of methoxy groups -OCH3 is 1. The highest BCUT2D eigenvalue weighted by molar-refractivity contribution is 5.82. The molecule has 5 nitrogen and oxygen atoms in total. The van der Waals surface area contributed by atoms with E-state index in [-0.39, 0.29) is 17.4 Å². The van der Waals surface area contributed by atoms with E-state index < -0.39 is 0 Å². The van der Waals surface area contributed by atoms with Crippen molar-refractivity contribution in [3.05, 3.63) is 36.1 Å². The quantitative estimate of drug-likeness (QED) is 0.545. The number of nitrogens with zero attached hydrogens (tertiary/aromatic N) is 2. The third-order valence-corrected chi connectivity index (χ3v) is 4.43. The van der Waals surface area contributed by atoms with E-state index in [1.54, 1.807) is 18.1 Å². The average Bonchev–Trinajstić information content (AvgIpc) is 3.28. The van der Waals surface area contributed by atoms with Crippen molar-refractivity contribution in [1.82, 2.24) is 9.80 Å². The zero-order valence-corrected chi connectivity index (χ0v) is 18.2. The first-order valence-electron chi connectivity index (χ1n) is 9.78. The highest BCUT2D eigenvalue weighted by Crippen LogP contribution is 2.28. The van der Waals surface area contributed by atoms with Crippen molar-refractivity contribution in [2.75, 3.05) is 26.7 Å². The Labute approximate surface area is 165 Å². The first kappa shape index (κ1) is 25.1. The van der Waals surface area contributed by atoms with Crippen molar-refractivity contribution in [1.29, 1.82) is 0 Å². The van der Waals surface area contributed by atoms with Crippen molar-refractivity contribution < 1.29 is 14.3 Å². The summed E-state index contributed by atoms with van der Waals surface area (Å²) >= 11 is 0. The summed E-state index contributed by atoms with van der Waals surface area (Å²) in [5.41, 5.74) is 2.27. The SMILES string of the molecule is C=C/C=C\C1=C(C)CCN1C(=O)C1CCN(C=O)C1.CC.COC(C)(C)C. The highest BCUT2D eigenvalue weighted by Gasteiger charge is 2.33. The molecule has 2 amide bonds. The average molecular weight is 379 g/mol. The molecule has 2 aliphatic heterocycles. The predicted molar refractivity (Wildman–Crippen MR) is 112 cm³/mol. The van der Waals surface area contributed by atoms with Gasteiger partial charge < -0.3 is 14.5 Å². The molecule has 0 N–H and O–H groups in total. The van der Waals surface area contributed by atoms with Crippen LogP contribution in [-0.4, -0.2) is 54.5 Å². The maximum absolute atomic E-state index is 12.5. The van der Waals surface area contributed by atoms with Gasteiger partial charge in [0, 0.05) is 32.4 Å². The van der Waals surface area contributed by atoms with E-state index in [0.29, 0.717) is 13.1 Å². The Kier molecular flexibility index (Phi) is 11.6. The van der Waals surface area contributed by atoms with Crippen molar-refractivity contribution >= 4 is 12.3 Å². The van der Waals surface area contributed by atoms with Gasteiger partial charge in [0.2, 0.25) is 12.3 Å². The van der Waals surface area contributed by atoms with Gasteiger partial charge in [0.15, 0.2) is 0 Å². The lowest BCUT2D eigenvalue weighted by Gasteiger charge is -2.22. The minimum Gasteiger partial charge on any atom is -0.379 e. The number of ether oxygens (including phenoxy) is 1. The molecule has 0 aromatic heterocycles. The predicted octanol–water partition coefficient (Wildman–Crippen LogP) is 4.17. The Bertz CT molecular complexity index is 544. The summed E-state index contributed by atoms with van der Waals surface area (Å²) in [6.45, 7) is 17.8. The lowest BCUT2D eigenvalue weighted by molar-refractivity contribution is -0.132. The van der Waals surface area contributed by atoms with Crippen LogP contribution < -0.4 is 0 Å². The van der Waals surface area contributed by atoms with Crippen LogP contribution in [0.3, 0.4) is 0 Å². The monoisotopic (exact) mass is 378 g/mol. The van der Waals surface area contributed by atoms with E-state index in [9.17, 15) is 9.59 Å². The minimum atomic E-state index is -0.0526. The second-order valence-electron chi connectivity index (χ2n) is 7.40. The van der Waals surface area contributed by atoms with E-state index in [1.165, 1.54) is 5.57 Å². The van der Waals surface area contributed by atoms with Crippen LogP contribution in [0.4, 0.5) is 0 Å². The Morgan fingerprint density at radius 3 is 2.30 bits per heavy atom. The topological polar surface area (TPSA) is 49.9 Å². The van der Waals surface area contributed by atoms with Crippen molar-refractivity contribution in [2.24, 2.45) is 5.92 Å². The van der Waals surface area contributed by atoms with Crippen LogP contribution in [0.5, 0.6) is 0 Å². The maximum Gasteiger partial charge on any atom is 0.231 e. The lowest BCUT2D eigenvalue weighted by atomic mass is 10.1. The van der Waals surface area contributed by atoms with E-state index in [4.69, 9.17) is 4.74 Å². The third-order valence-electron chi connectivity index (χ3n) is 4.43. The van der Waals surface area contributed by atoms with E-state index >= 15 is 0 Å². The second kappa shape index (κ2) is 12.5. The van der Waals surface area contributed by atoms with Crippen LogP contribution >= 0.6 is 0 Å². The molecular formula is C22H38N2O3. The van der Waals surface area contributed by atoms with E-state index in [1.807, 2.05) is 51.7 Å². The first-order chi connectivity index (χ1) is 12.7. The Hall–Kier alpha value is -1.88. The molecule has 0 aromatic rings. The molecule has 1 unspecified atom stereocenters. The minimum absolute atomic E-state index is 0.0417. The van der Waals surface area contributed by atoms with Crippen LogP contribution in [-0.2, 0) is 14.3 Å². The fourth-order valence-electron chi connectivity index (χ4n) is 2.68. The molecule has 2 heterocycles. The highest BCUT2D eigenvalue weighted by atomic mass is 16.5. The van der Waals surface area contributed by atoms with Gasteiger partial charge in [-0.2, -0.15) is 0 Å². The van der Waals surface area contributed by atoms with Crippen LogP contribution in [0.2, 0.25) is 0 Å². The molecule has 0 radical (unpaired) electrons. The molecule has 5 heteroatoms. The number of likely N-dealkylation sites (tertiary alicyclic amines) is 1. The second-order valence-corrected chi connectivity index (χ2v) is 7.40. The van der Waals surface area contributed by atoms with Gasteiger partial charge in [-0.1, -0.05) is 32.6 Å². The van der Waals surface area contributed by atoms with Gasteiger partial charge in [-0.3, -0.25) is 9.59 Å². The van der Waals surface area contributed by atoms with Gasteiger partial charge in [-0.15, -0.1) is 0 Å². The Morgan fingerprint density at radius 1 is 1.26 bits per heavy atom. The van der Waals surface area contributed by atoms with Crippen LogP contribution in [0.25, 0.3) is 0 Å². The van der Waals surface area contributed by atoms with Crippen molar-refractivity contribution in [3.63, 3.8) is 0 Å². The van der Waals surface area contributed by atoms with Crippen LogP contribution in [0.15, 0.2) is 36.1 Å². The molecule has 0 bridgehead atoms. The van der Waals surface area contributed by atoms with Gasteiger partial charge in [0.05, 0.1) is 11.5 Å². The molecule has 0 aliphatic carbocycles.